The van der Waals surface area contributed by atoms with Crippen molar-refractivity contribution in [3.05, 3.63) is 30.5 Å². The number of hydrogen-bond acceptors (Lipinski definition) is 4. The van der Waals surface area contributed by atoms with Crippen molar-refractivity contribution in [3.8, 4) is 16.9 Å². The lowest BCUT2D eigenvalue weighted by Gasteiger charge is -2.20. The minimum atomic E-state index is -2.66. The van der Waals surface area contributed by atoms with E-state index in [1.54, 1.807) is 29.2 Å². The van der Waals surface area contributed by atoms with Crippen LogP contribution in [0.15, 0.2) is 24.5 Å². The number of nitrogens with one attached hydrogen (secondary N) is 1. The summed E-state index contributed by atoms with van der Waals surface area (Å²) in [7, 11) is 1.51. The Kier molecular flexibility index (Phi) is 4.90. The van der Waals surface area contributed by atoms with Crippen molar-refractivity contribution in [1.82, 2.24) is 24.9 Å². The van der Waals surface area contributed by atoms with Crippen LogP contribution in [0.4, 0.5) is 13.2 Å². The van der Waals surface area contributed by atoms with E-state index in [0.717, 1.165) is 4.68 Å². The molecule has 2 fully saturated rings. The summed E-state index contributed by atoms with van der Waals surface area (Å²) in [6.45, 7) is 2.37. The van der Waals surface area contributed by atoms with Crippen molar-refractivity contribution in [3.63, 3.8) is 0 Å². The maximum absolute atomic E-state index is 14.8. The fraction of sp³-hybridized carbons (Fsp3) is 0.500. The first-order valence-electron chi connectivity index (χ1n) is 10.7. The number of ether oxygens (including phenoxy) is 1. The van der Waals surface area contributed by atoms with Gasteiger partial charge in [-0.1, -0.05) is 0 Å². The van der Waals surface area contributed by atoms with E-state index < -0.39 is 11.9 Å². The van der Waals surface area contributed by atoms with Crippen LogP contribution in [-0.4, -0.2) is 44.0 Å². The smallest absolute Gasteiger partial charge is 0.250 e. The van der Waals surface area contributed by atoms with Crippen molar-refractivity contribution in [2.24, 2.45) is 13.0 Å². The lowest BCUT2D eigenvalue weighted by atomic mass is 10.0. The second-order valence-electron chi connectivity index (χ2n) is 8.84. The summed E-state index contributed by atoms with van der Waals surface area (Å²) in [5.41, 5.74) is 1.84. The SMILES string of the molecule is C[C@@H](Oc1cc(-c2cnn(C3CCC(F)(F)C3)c2)cc2nn(C)c(F)c12)[C@H]1CNC(=O)C1. The van der Waals surface area contributed by atoms with Crippen molar-refractivity contribution >= 4 is 16.8 Å². The van der Waals surface area contributed by atoms with E-state index in [0.29, 0.717) is 41.8 Å². The van der Waals surface area contributed by atoms with Gasteiger partial charge in [-0.05, 0) is 31.0 Å². The van der Waals surface area contributed by atoms with Gasteiger partial charge >= 0.3 is 0 Å². The van der Waals surface area contributed by atoms with E-state index in [9.17, 15) is 18.0 Å². The molecule has 1 unspecified atom stereocenters. The van der Waals surface area contributed by atoms with Gasteiger partial charge in [0.25, 0.3) is 0 Å². The molecule has 1 amide bonds. The molecular weight excluding hydrogens is 423 g/mol. The van der Waals surface area contributed by atoms with Crippen LogP contribution in [-0.2, 0) is 11.8 Å². The highest BCUT2D eigenvalue weighted by Crippen LogP contribution is 2.42. The fourth-order valence-electron chi connectivity index (χ4n) is 4.61. The van der Waals surface area contributed by atoms with Crippen molar-refractivity contribution < 1.29 is 22.7 Å². The highest BCUT2D eigenvalue weighted by Gasteiger charge is 2.40. The molecule has 2 aliphatic rings. The van der Waals surface area contributed by atoms with Gasteiger partial charge in [0, 0.05) is 50.5 Å². The van der Waals surface area contributed by atoms with Crippen LogP contribution < -0.4 is 10.1 Å². The Morgan fingerprint density at radius 1 is 1.31 bits per heavy atom. The minimum absolute atomic E-state index is 0.0206. The number of rotatable bonds is 5. The molecule has 1 saturated carbocycles. The molecule has 1 aromatic carbocycles. The molecule has 7 nitrogen and oxygen atoms in total. The molecule has 0 radical (unpaired) electrons. The topological polar surface area (TPSA) is 74.0 Å². The van der Waals surface area contributed by atoms with Crippen LogP contribution in [0.5, 0.6) is 5.75 Å². The van der Waals surface area contributed by atoms with Crippen molar-refractivity contribution in [2.75, 3.05) is 6.54 Å². The molecule has 3 atom stereocenters. The minimum Gasteiger partial charge on any atom is -0.489 e. The Labute approximate surface area is 182 Å². The highest BCUT2D eigenvalue weighted by atomic mass is 19.3. The molecule has 1 saturated heterocycles. The second kappa shape index (κ2) is 7.53. The lowest BCUT2D eigenvalue weighted by molar-refractivity contribution is -0.119. The third-order valence-electron chi connectivity index (χ3n) is 6.50. The molecule has 1 N–H and O–H groups in total. The Balaban J connectivity index is 1.49. The van der Waals surface area contributed by atoms with Gasteiger partial charge in [-0.3, -0.25) is 9.48 Å². The molecule has 3 heterocycles. The molecule has 1 aliphatic heterocycles. The van der Waals surface area contributed by atoms with E-state index in [4.69, 9.17) is 4.74 Å². The quantitative estimate of drug-likeness (QED) is 0.645. The van der Waals surface area contributed by atoms with E-state index in [1.165, 1.54) is 7.05 Å². The number of aryl methyl sites for hydroxylation is 1. The average molecular weight is 447 g/mol. The van der Waals surface area contributed by atoms with E-state index in [1.807, 2.05) is 6.92 Å². The van der Waals surface area contributed by atoms with Gasteiger partial charge < -0.3 is 10.1 Å². The van der Waals surface area contributed by atoms with Gasteiger partial charge in [-0.15, -0.1) is 0 Å². The Morgan fingerprint density at radius 3 is 2.81 bits per heavy atom. The Morgan fingerprint density at radius 2 is 2.12 bits per heavy atom. The summed E-state index contributed by atoms with van der Waals surface area (Å²) in [5, 5.41) is 11.6. The summed E-state index contributed by atoms with van der Waals surface area (Å²) >= 11 is 0. The molecule has 0 spiro atoms. The van der Waals surface area contributed by atoms with Gasteiger partial charge in [-0.25, -0.2) is 13.5 Å². The number of carbonyl (C=O) groups is 1. The summed E-state index contributed by atoms with van der Waals surface area (Å²) in [6, 6.07) is 3.11. The molecule has 32 heavy (non-hydrogen) atoms. The first-order chi connectivity index (χ1) is 15.2. The number of amides is 1. The van der Waals surface area contributed by atoms with Crippen molar-refractivity contribution in [1.29, 1.82) is 0 Å². The van der Waals surface area contributed by atoms with Crippen LogP contribution >= 0.6 is 0 Å². The van der Waals surface area contributed by atoms with Crippen molar-refractivity contribution in [2.45, 2.75) is 50.7 Å². The molecular formula is C22H24F3N5O2. The van der Waals surface area contributed by atoms with Gasteiger partial charge in [0.2, 0.25) is 17.8 Å². The monoisotopic (exact) mass is 447 g/mol. The van der Waals surface area contributed by atoms with E-state index in [-0.39, 0.29) is 42.2 Å². The second-order valence-corrected chi connectivity index (χ2v) is 8.84. The largest absolute Gasteiger partial charge is 0.489 e. The average Bonchev–Trinajstić information content (AvgIpc) is 3.50. The van der Waals surface area contributed by atoms with Gasteiger partial charge in [-0.2, -0.15) is 14.6 Å². The maximum atomic E-state index is 14.8. The number of alkyl halides is 2. The number of halogens is 3. The number of hydrogen-bond donors (Lipinski definition) is 1. The number of nitrogens with zero attached hydrogens (tertiary/aromatic N) is 4. The van der Waals surface area contributed by atoms with Crippen LogP contribution in [0.3, 0.4) is 0 Å². The summed E-state index contributed by atoms with van der Waals surface area (Å²) < 4.78 is 50.9. The number of fused-ring (bicyclic) bond motifs is 1. The molecule has 3 aromatic rings. The molecule has 2 aromatic heterocycles. The molecule has 170 valence electrons. The Bertz CT molecular complexity index is 1190. The zero-order valence-electron chi connectivity index (χ0n) is 17.8. The zero-order chi connectivity index (χ0) is 22.6. The first kappa shape index (κ1) is 20.8. The highest BCUT2D eigenvalue weighted by molar-refractivity contribution is 5.90. The number of aromatic nitrogens is 4. The normalized spacial score (nSPS) is 23.6. The summed E-state index contributed by atoms with van der Waals surface area (Å²) in [5.74, 6) is -2.89. The number of benzene rings is 1. The van der Waals surface area contributed by atoms with E-state index >= 15 is 0 Å². The molecule has 1 aliphatic carbocycles. The van der Waals surface area contributed by atoms with Crippen LogP contribution in [0, 0.1) is 11.9 Å². The lowest BCUT2D eigenvalue weighted by Crippen LogP contribution is -2.25. The van der Waals surface area contributed by atoms with Crippen LogP contribution in [0.2, 0.25) is 0 Å². The van der Waals surface area contributed by atoms with Gasteiger partial charge in [0.05, 0.1) is 23.1 Å². The predicted octanol–water partition coefficient (Wildman–Crippen LogP) is 3.84. The molecule has 10 heteroatoms. The summed E-state index contributed by atoms with van der Waals surface area (Å²) in [4.78, 5) is 11.6. The van der Waals surface area contributed by atoms with Gasteiger partial charge in [0.1, 0.15) is 11.9 Å². The van der Waals surface area contributed by atoms with Crippen LogP contribution in [0.1, 0.15) is 38.6 Å². The molecule has 0 bridgehead atoms. The number of carbonyl (C=O) groups excluding carboxylic acids is 1. The van der Waals surface area contributed by atoms with E-state index in [2.05, 4.69) is 15.5 Å². The third-order valence-corrected chi connectivity index (χ3v) is 6.50. The Hall–Kier alpha value is -3.04. The molecule has 5 rings (SSSR count). The zero-order valence-corrected chi connectivity index (χ0v) is 17.8. The third kappa shape index (κ3) is 3.71. The van der Waals surface area contributed by atoms with Gasteiger partial charge in [0.15, 0.2) is 0 Å². The first-order valence-corrected chi connectivity index (χ1v) is 10.7. The van der Waals surface area contributed by atoms with Crippen LogP contribution in [0.25, 0.3) is 22.0 Å². The fourth-order valence-corrected chi connectivity index (χ4v) is 4.61. The maximum Gasteiger partial charge on any atom is 0.250 e. The predicted molar refractivity (Wildman–Crippen MR) is 111 cm³/mol. The standard InChI is InChI=1S/C22H24F3N5O2/c1-12(14-7-19(31)26-9-14)32-18-6-13(5-17-20(18)21(23)29(2)28-17)15-10-27-30(11-15)16-3-4-22(24,25)8-16/h5-6,10-12,14,16H,3-4,7-9H2,1-2H3,(H,26,31)/t12-,14-,16?/m1/s1. The summed E-state index contributed by atoms with van der Waals surface area (Å²) in [6.07, 6.45) is 3.40.